The van der Waals surface area contributed by atoms with Gasteiger partial charge in [-0.1, -0.05) is 37.5 Å². The van der Waals surface area contributed by atoms with E-state index >= 15 is 0 Å². The van der Waals surface area contributed by atoms with E-state index in [-0.39, 0.29) is 18.0 Å². The maximum absolute atomic E-state index is 11.5. The Morgan fingerprint density at radius 3 is 2.68 bits per heavy atom. The maximum Gasteiger partial charge on any atom is 0.217 e. The van der Waals surface area contributed by atoms with Crippen LogP contribution in [0.4, 0.5) is 0 Å². The van der Waals surface area contributed by atoms with Crippen LogP contribution in [0.3, 0.4) is 0 Å². The number of benzene rings is 1. The van der Waals surface area contributed by atoms with Gasteiger partial charge in [0, 0.05) is 13.0 Å². The molecular weight excluding hydrogens is 272 g/mol. The van der Waals surface area contributed by atoms with Crippen molar-refractivity contribution in [2.45, 2.75) is 70.4 Å². The van der Waals surface area contributed by atoms with Crippen molar-refractivity contribution in [2.24, 2.45) is 11.7 Å². The van der Waals surface area contributed by atoms with Crippen LogP contribution in [-0.4, -0.2) is 5.91 Å². The smallest absolute Gasteiger partial charge is 0.217 e. The monoisotopic (exact) mass is 300 g/mol. The molecule has 0 radical (unpaired) electrons. The highest BCUT2D eigenvalue weighted by Gasteiger charge is 2.25. The molecule has 0 bridgehead atoms. The summed E-state index contributed by atoms with van der Waals surface area (Å²) < 4.78 is 0. The van der Waals surface area contributed by atoms with Crippen LogP contribution < -0.4 is 11.1 Å². The Bertz CT molecular complexity index is 534. The van der Waals surface area contributed by atoms with E-state index < -0.39 is 0 Å². The molecule has 22 heavy (non-hydrogen) atoms. The van der Waals surface area contributed by atoms with Crippen LogP contribution in [0.1, 0.15) is 80.6 Å². The van der Waals surface area contributed by atoms with Gasteiger partial charge in [0.1, 0.15) is 0 Å². The highest BCUT2D eigenvalue weighted by atomic mass is 16.1. The number of amides is 1. The van der Waals surface area contributed by atoms with Gasteiger partial charge in [0.25, 0.3) is 0 Å². The van der Waals surface area contributed by atoms with Gasteiger partial charge in [-0.05, 0) is 54.7 Å². The minimum atomic E-state index is 0.0554. The van der Waals surface area contributed by atoms with Crippen molar-refractivity contribution in [3.05, 3.63) is 34.9 Å². The first-order valence-corrected chi connectivity index (χ1v) is 8.80. The van der Waals surface area contributed by atoms with Gasteiger partial charge in [-0.15, -0.1) is 0 Å². The molecule has 1 saturated carbocycles. The molecule has 1 fully saturated rings. The molecule has 3 rings (SSSR count). The second kappa shape index (κ2) is 6.82. The van der Waals surface area contributed by atoms with Crippen molar-refractivity contribution in [3.63, 3.8) is 0 Å². The summed E-state index contributed by atoms with van der Waals surface area (Å²) in [5.74, 6) is 0.675. The topological polar surface area (TPSA) is 55.1 Å². The van der Waals surface area contributed by atoms with E-state index in [2.05, 4.69) is 23.5 Å². The molecule has 120 valence electrons. The molecule has 0 heterocycles. The zero-order valence-corrected chi connectivity index (χ0v) is 13.6. The van der Waals surface area contributed by atoms with Crippen LogP contribution in [0.15, 0.2) is 18.2 Å². The lowest BCUT2D eigenvalue weighted by Gasteiger charge is -2.30. The second-order valence-electron chi connectivity index (χ2n) is 7.03. The molecule has 1 aromatic carbocycles. The Morgan fingerprint density at radius 2 is 1.95 bits per heavy atom. The lowest BCUT2D eigenvalue weighted by Crippen LogP contribution is -2.30. The number of rotatable bonds is 3. The fraction of sp³-hybridized carbons (Fsp3) is 0.632. The van der Waals surface area contributed by atoms with Crippen molar-refractivity contribution >= 4 is 5.91 Å². The summed E-state index contributed by atoms with van der Waals surface area (Å²) >= 11 is 0. The third kappa shape index (κ3) is 3.35. The molecule has 2 atom stereocenters. The van der Waals surface area contributed by atoms with Gasteiger partial charge in [-0.2, -0.15) is 0 Å². The minimum absolute atomic E-state index is 0.0554. The van der Waals surface area contributed by atoms with Crippen molar-refractivity contribution in [1.29, 1.82) is 0 Å². The molecule has 0 aromatic heterocycles. The van der Waals surface area contributed by atoms with Gasteiger partial charge in [-0.3, -0.25) is 4.79 Å². The molecule has 0 saturated heterocycles. The van der Waals surface area contributed by atoms with Crippen molar-refractivity contribution in [2.75, 3.05) is 0 Å². The first kappa shape index (κ1) is 15.5. The quantitative estimate of drug-likeness (QED) is 0.892. The average molecular weight is 300 g/mol. The summed E-state index contributed by atoms with van der Waals surface area (Å²) in [4.78, 5) is 11.5. The Hall–Kier alpha value is -1.35. The highest BCUT2D eigenvalue weighted by molar-refractivity contribution is 5.73. The summed E-state index contributed by atoms with van der Waals surface area (Å²) in [6, 6.07) is 7.04. The number of aryl methyl sites for hydroxylation is 1. The summed E-state index contributed by atoms with van der Waals surface area (Å²) in [5.41, 5.74) is 10.5. The van der Waals surface area contributed by atoms with Gasteiger partial charge in [0.2, 0.25) is 5.91 Å². The van der Waals surface area contributed by atoms with Crippen molar-refractivity contribution in [3.8, 4) is 0 Å². The molecule has 2 aliphatic rings. The number of nitrogens with one attached hydrogen (secondary N) is 1. The van der Waals surface area contributed by atoms with Gasteiger partial charge >= 0.3 is 0 Å². The first-order valence-electron chi connectivity index (χ1n) is 8.80. The largest absolute Gasteiger partial charge is 0.350 e. The summed E-state index contributed by atoms with van der Waals surface area (Å²) in [7, 11) is 0. The minimum Gasteiger partial charge on any atom is -0.350 e. The fourth-order valence-corrected chi connectivity index (χ4v) is 4.19. The molecule has 3 heteroatoms. The van der Waals surface area contributed by atoms with Crippen molar-refractivity contribution in [1.82, 2.24) is 5.32 Å². The lowest BCUT2D eigenvalue weighted by atomic mass is 9.79. The molecular formula is C19H28N2O. The first-order chi connectivity index (χ1) is 10.6. The molecule has 0 spiro atoms. The predicted molar refractivity (Wildman–Crippen MR) is 89.4 cm³/mol. The molecule has 3 N–H and O–H groups in total. The number of hydrogen-bond acceptors (Lipinski definition) is 2. The third-order valence-electron chi connectivity index (χ3n) is 5.40. The van der Waals surface area contributed by atoms with Crippen LogP contribution in [0.25, 0.3) is 0 Å². The van der Waals surface area contributed by atoms with E-state index in [1.165, 1.54) is 48.8 Å². The summed E-state index contributed by atoms with van der Waals surface area (Å²) in [6.45, 7) is 1.60. The standard InChI is InChI=1S/C19H28N2O/c1-13(22)21-18-9-5-8-14-10-11-16(12-17(14)18)19(20)15-6-3-2-4-7-15/h10-12,15,18-19H,2-9,20H2,1H3,(H,21,22). The van der Waals surface area contributed by atoms with Crippen LogP contribution >= 0.6 is 0 Å². The number of carbonyl (C=O) groups is 1. The molecule has 2 unspecified atom stereocenters. The van der Waals surface area contributed by atoms with Gasteiger partial charge < -0.3 is 11.1 Å². The third-order valence-corrected chi connectivity index (χ3v) is 5.40. The highest BCUT2D eigenvalue weighted by Crippen LogP contribution is 2.36. The van der Waals surface area contributed by atoms with E-state index in [9.17, 15) is 4.79 Å². The molecule has 1 amide bonds. The van der Waals surface area contributed by atoms with Gasteiger partial charge in [0.15, 0.2) is 0 Å². The zero-order chi connectivity index (χ0) is 15.5. The SMILES string of the molecule is CC(=O)NC1CCCc2ccc(C(N)C3CCCCC3)cc21. The van der Waals surface area contributed by atoms with Gasteiger partial charge in [0.05, 0.1) is 6.04 Å². The Balaban J connectivity index is 1.83. The van der Waals surface area contributed by atoms with Crippen LogP contribution in [-0.2, 0) is 11.2 Å². The van der Waals surface area contributed by atoms with E-state index in [1.807, 2.05) is 0 Å². The summed E-state index contributed by atoms with van der Waals surface area (Å²) in [5, 5.41) is 3.10. The molecule has 2 aliphatic carbocycles. The molecule has 1 aromatic rings. The number of carbonyl (C=O) groups excluding carboxylic acids is 1. The fourth-order valence-electron chi connectivity index (χ4n) is 4.19. The van der Waals surface area contributed by atoms with Crippen LogP contribution in [0.5, 0.6) is 0 Å². The second-order valence-corrected chi connectivity index (χ2v) is 7.03. The van der Waals surface area contributed by atoms with E-state index in [1.54, 1.807) is 6.92 Å². The van der Waals surface area contributed by atoms with Crippen molar-refractivity contribution < 1.29 is 4.79 Å². The predicted octanol–water partition coefficient (Wildman–Crippen LogP) is 3.78. The van der Waals surface area contributed by atoms with E-state index in [4.69, 9.17) is 5.73 Å². The summed E-state index contributed by atoms with van der Waals surface area (Å²) in [6.07, 6.45) is 9.81. The lowest BCUT2D eigenvalue weighted by molar-refractivity contribution is -0.119. The van der Waals surface area contributed by atoms with Crippen LogP contribution in [0, 0.1) is 5.92 Å². The Morgan fingerprint density at radius 1 is 1.18 bits per heavy atom. The maximum atomic E-state index is 11.5. The zero-order valence-electron chi connectivity index (χ0n) is 13.6. The number of hydrogen-bond donors (Lipinski definition) is 2. The Kier molecular flexibility index (Phi) is 4.82. The normalized spacial score (nSPS) is 23.6. The number of fused-ring (bicyclic) bond motifs is 1. The van der Waals surface area contributed by atoms with Crippen LogP contribution in [0.2, 0.25) is 0 Å². The van der Waals surface area contributed by atoms with Gasteiger partial charge in [-0.25, -0.2) is 0 Å². The molecule has 3 nitrogen and oxygen atoms in total. The number of nitrogens with two attached hydrogens (primary N) is 1. The Labute approximate surface area is 133 Å². The van der Waals surface area contributed by atoms with E-state index in [0.717, 1.165) is 19.3 Å². The average Bonchev–Trinajstić information content (AvgIpc) is 2.54. The molecule has 0 aliphatic heterocycles. The van der Waals surface area contributed by atoms with E-state index in [0.29, 0.717) is 5.92 Å².